The molecule has 2 heterocycles. The van der Waals surface area contributed by atoms with Gasteiger partial charge in [-0.25, -0.2) is 4.98 Å². The molecule has 0 bridgehead atoms. The van der Waals surface area contributed by atoms with E-state index in [-0.39, 0.29) is 11.5 Å². The van der Waals surface area contributed by atoms with E-state index in [1.165, 1.54) is 0 Å². The van der Waals surface area contributed by atoms with Crippen molar-refractivity contribution in [3.05, 3.63) is 125 Å². The summed E-state index contributed by atoms with van der Waals surface area (Å²) in [6.45, 7) is 2.82. The lowest BCUT2D eigenvalue weighted by atomic mass is 10.0. The maximum absolute atomic E-state index is 13.2. The van der Waals surface area contributed by atoms with E-state index in [1.807, 2.05) is 107 Å². The van der Waals surface area contributed by atoms with Gasteiger partial charge < -0.3 is 14.5 Å². The SMILES string of the molecule is O=C(c1ccc(-c2cccc(OCc3ccccc3)c2)cc1)N1CCN(c2nc3ccccc3c(=O)[nH]2)CC1. The topological polar surface area (TPSA) is 78.5 Å². The van der Waals surface area contributed by atoms with E-state index in [9.17, 15) is 9.59 Å². The van der Waals surface area contributed by atoms with Crippen LogP contribution in [0.4, 0.5) is 5.95 Å². The molecule has 0 aliphatic carbocycles. The maximum atomic E-state index is 13.2. The van der Waals surface area contributed by atoms with Crippen molar-refractivity contribution in [2.24, 2.45) is 0 Å². The number of para-hydroxylation sites is 1. The Hall–Kier alpha value is -4.91. The standard InChI is InChI=1S/C32H28N4O3/c37-30-28-11-4-5-12-29(28)33-32(34-30)36-19-17-35(18-20-36)31(38)25-15-13-24(14-16-25)26-9-6-10-27(21-26)39-22-23-7-2-1-3-8-23/h1-16,21H,17-20,22H2,(H,33,34,37). The first-order chi connectivity index (χ1) is 19.1. The third kappa shape index (κ3) is 5.38. The third-order valence-electron chi connectivity index (χ3n) is 7.01. The van der Waals surface area contributed by atoms with E-state index in [1.54, 1.807) is 6.07 Å². The molecule has 0 radical (unpaired) electrons. The zero-order chi connectivity index (χ0) is 26.6. The summed E-state index contributed by atoms with van der Waals surface area (Å²) in [7, 11) is 0. The minimum Gasteiger partial charge on any atom is -0.489 e. The zero-order valence-electron chi connectivity index (χ0n) is 21.4. The van der Waals surface area contributed by atoms with Crippen LogP contribution in [-0.4, -0.2) is 47.0 Å². The highest BCUT2D eigenvalue weighted by Crippen LogP contribution is 2.25. The summed E-state index contributed by atoms with van der Waals surface area (Å²) in [5, 5.41) is 0.574. The molecule has 0 atom stereocenters. The quantitative estimate of drug-likeness (QED) is 0.339. The van der Waals surface area contributed by atoms with E-state index >= 15 is 0 Å². The molecule has 6 rings (SSSR count). The Morgan fingerprint density at radius 1 is 0.795 bits per heavy atom. The number of aromatic nitrogens is 2. The summed E-state index contributed by atoms with van der Waals surface area (Å²) >= 11 is 0. The number of amides is 1. The smallest absolute Gasteiger partial charge is 0.260 e. The Kier molecular flexibility index (Phi) is 6.78. The van der Waals surface area contributed by atoms with Crippen LogP contribution in [0.1, 0.15) is 15.9 Å². The van der Waals surface area contributed by atoms with Gasteiger partial charge in [0.15, 0.2) is 0 Å². The Morgan fingerprint density at radius 2 is 1.54 bits per heavy atom. The Morgan fingerprint density at radius 3 is 2.33 bits per heavy atom. The summed E-state index contributed by atoms with van der Waals surface area (Å²) in [6, 6.07) is 33.1. The number of H-pyrrole nitrogens is 1. The number of benzene rings is 4. The van der Waals surface area contributed by atoms with Crippen molar-refractivity contribution in [2.45, 2.75) is 6.61 Å². The predicted molar refractivity (Wildman–Crippen MR) is 153 cm³/mol. The van der Waals surface area contributed by atoms with Crippen molar-refractivity contribution in [2.75, 3.05) is 31.1 Å². The number of anilines is 1. The highest BCUT2D eigenvalue weighted by molar-refractivity contribution is 5.95. The van der Waals surface area contributed by atoms with E-state index in [0.717, 1.165) is 22.4 Å². The highest BCUT2D eigenvalue weighted by atomic mass is 16.5. The maximum Gasteiger partial charge on any atom is 0.260 e. The number of ether oxygens (including phenoxy) is 1. The molecule has 1 aromatic heterocycles. The number of aromatic amines is 1. The molecule has 0 saturated carbocycles. The number of hydrogen-bond donors (Lipinski definition) is 1. The summed E-state index contributed by atoms with van der Waals surface area (Å²) in [5.41, 5.74) is 4.35. The average molecular weight is 517 g/mol. The van der Waals surface area contributed by atoms with Gasteiger partial charge in [0.05, 0.1) is 10.9 Å². The van der Waals surface area contributed by atoms with Gasteiger partial charge in [0.2, 0.25) is 5.95 Å². The molecule has 0 spiro atoms. The Balaban J connectivity index is 1.09. The number of hydrogen-bond acceptors (Lipinski definition) is 5. The molecule has 4 aromatic carbocycles. The fourth-order valence-corrected chi connectivity index (χ4v) is 4.84. The molecular weight excluding hydrogens is 488 g/mol. The van der Waals surface area contributed by atoms with Crippen molar-refractivity contribution in [1.82, 2.24) is 14.9 Å². The van der Waals surface area contributed by atoms with Crippen LogP contribution in [0, 0.1) is 0 Å². The van der Waals surface area contributed by atoms with Gasteiger partial charge in [0, 0.05) is 31.7 Å². The zero-order valence-corrected chi connectivity index (χ0v) is 21.4. The van der Waals surface area contributed by atoms with Gasteiger partial charge in [-0.05, 0) is 53.1 Å². The Labute approximate surface area is 226 Å². The largest absolute Gasteiger partial charge is 0.489 e. The summed E-state index contributed by atoms with van der Waals surface area (Å²) in [4.78, 5) is 37.0. The third-order valence-corrected chi connectivity index (χ3v) is 7.01. The van der Waals surface area contributed by atoms with Gasteiger partial charge in [-0.2, -0.15) is 0 Å². The molecule has 7 heteroatoms. The lowest BCUT2D eigenvalue weighted by Crippen LogP contribution is -2.49. The molecule has 0 unspecified atom stereocenters. The van der Waals surface area contributed by atoms with E-state index < -0.39 is 0 Å². The van der Waals surface area contributed by atoms with Crippen LogP contribution in [0.2, 0.25) is 0 Å². The molecule has 39 heavy (non-hydrogen) atoms. The second kappa shape index (κ2) is 10.8. The van der Waals surface area contributed by atoms with Gasteiger partial charge in [-0.15, -0.1) is 0 Å². The number of carbonyl (C=O) groups is 1. The van der Waals surface area contributed by atoms with Crippen molar-refractivity contribution < 1.29 is 9.53 Å². The van der Waals surface area contributed by atoms with Crippen LogP contribution in [0.5, 0.6) is 5.75 Å². The van der Waals surface area contributed by atoms with Crippen LogP contribution >= 0.6 is 0 Å². The van der Waals surface area contributed by atoms with Crippen molar-refractivity contribution in [1.29, 1.82) is 0 Å². The number of nitrogens with one attached hydrogen (secondary N) is 1. The fourth-order valence-electron chi connectivity index (χ4n) is 4.84. The molecule has 1 N–H and O–H groups in total. The molecule has 1 aliphatic heterocycles. The molecule has 194 valence electrons. The molecule has 1 amide bonds. The number of nitrogens with zero attached hydrogens (tertiary/aromatic N) is 3. The van der Waals surface area contributed by atoms with Gasteiger partial charge in [-0.3, -0.25) is 14.6 Å². The number of rotatable bonds is 6. The minimum atomic E-state index is -0.150. The highest BCUT2D eigenvalue weighted by Gasteiger charge is 2.23. The molecular formula is C32H28N4O3. The van der Waals surface area contributed by atoms with Gasteiger partial charge in [0.1, 0.15) is 12.4 Å². The lowest BCUT2D eigenvalue weighted by Gasteiger charge is -2.35. The monoisotopic (exact) mass is 516 g/mol. The molecule has 1 saturated heterocycles. The Bertz CT molecular complexity index is 1660. The normalized spacial score (nSPS) is 13.4. The van der Waals surface area contributed by atoms with E-state index in [4.69, 9.17) is 4.74 Å². The average Bonchev–Trinajstić information content (AvgIpc) is 3.00. The van der Waals surface area contributed by atoms with Crippen LogP contribution in [0.15, 0.2) is 108 Å². The van der Waals surface area contributed by atoms with Gasteiger partial charge in [0.25, 0.3) is 11.5 Å². The van der Waals surface area contributed by atoms with Crippen LogP contribution < -0.4 is 15.2 Å². The first kappa shape index (κ1) is 24.4. The van der Waals surface area contributed by atoms with Crippen molar-refractivity contribution in [3.8, 4) is 16.9 Å². The van der Waals surface area contributed by atoms with Gasteiger partial charge >= 0.3 is 0 Å². The predicted octanol–water partition coefficient (Wildman–Crippen LogP) is 5.13. The van der Waals surface area contributed by atoms with Crippen molar-refractivity contribution >= 4 is 22.8 Å². The summed E-state index contributed by atoms with van der Waals surface area (Å²) in [5.74, 6) is 1.35. The number of fused-ring (bicyclic) bond motifs is 1. The second-order valence-corrected chi connectivity index (χ2v) is 9.57. The van der Waals surface area contributed by atoms with Gasteiger partial charge in [-0.1, -0.05) is 66.7 Å². The second-order valence-electron chi connectivity index (χ2n) is 9.57. The number of piperazine rings is 1. The molecule has 1 fully saturated rings. The minimum absolute atomic E-state index is 0.00103. The first-order valence-corrected chi connectivity index (χ1v) is 13.0. The molecule has 5 aromatic rings. The molecule has 7 nitrogen and oxygen atoms in total. The summed E-state index contributed by atoms with van der Waals surface area (Å²) in [6.07, 6.45) is 0. The van der Waals surface area contributed by atoms with Crippen molar-refractivity contribution in [3.63, 3.8) is 0 Å². The van der Waals surface area contributed by atoms with Crippen LogP contribution in [0.3, 0.4) is 0 Å². The first-order valence-electron chi connectivity index (χ1n) is 13.0. The number of carbonyl (C=O) groups excluding carboxylic acids is 1. The van der Waals surface area contributed by atoms with E-state index in [0.29, 0.717) is 55.2 Å². The molecule has 1 aliphatic rings. The van der Waals surface area contributed by atoms with Crippen LogP contribution in [0.25, 0.3) is 22.0 Å². The summed E-state index contributed by atoms with van der Waals surface area (Å²) < 4.78 is 5.97. The van der Waals surface area contributed by atoms with E-state index in [2.05, 4.69) is 9.97 Å². The van der Waals surface area contributed by atoms with Crippen LogP contribution in [-0.2, 0) is 6.61 Å². The fraction of sp³-hybridized carbons (Fsp3) is 0.156. The lowest BCUT2D eigenvalue weighted by molar-refractivity contribution is 0.0746.